The first kappa shape index (κ1) is 18.7. The van der Waals surface area contributed by atoms with E-state index in [1.165, 1.54) is 12.1 Å². The quantitative estimate of drug-likeness (QED) is 0.702. The number of pyridine rings is 1. The highest BCUT2D eigenvalue weighted by atomic mass is 35.5. The summed E-state index contributed by atoms with van der Waals surface area (Å²) < 4.78 is 19.3. The van der Waals surface area contributed by atoms with Crippen molar-refractivity contribution in [3.8, 4) is 0 Å². The second-order valence-electron chi connectivity index (χ2n) is 6.65. The zero-order chi connectivity index (χ0) is 19.7. The Labute approximate surface area is 167 Å². The van der Waals surface area contributed by atoms with Gasteiger partial charge in [0.1, 0.15) is 5.82 Å². The maximum atomic E-state index is 14.0. The van der Waals surface area contributed by atoms with E-state index in [2.05, 4.69) is 10.3 Å². The predicted molar refractivity (Wildman–Crippen MR) is 108 cm³/mol. The molecular formula is C21H19ClFN3O2. The molecule has 3 aromatic rings. The molecule has 0 bridgehead atoms. The van der Waals surface area contributed by atoms with E-state index in [1.54, 1.807) is 23.2 Å². The number of morpholine rings is 1. The Morgan fingerprint density at radius 2 is 2.04 bits per heavy atom. The van der Waals surface area contributed by atoms with E-state index in [0.717, 1.165) is 11.3 Å². The van der Waals surface area contributed by atoms with Gasteiger partial charge in [-0.3, -0.25) is 9.78 Å². The van der Waals surface area contributed by atoms with Crippen molar-refractivity contribution in [1.82, 2.24) is 9.88 Å². The van der Waals surface area contributed by atoms with Crippen molar-refractivity contribution in [3.63, 3.8) is 0 Å². The summed E-state index contributed by atoms with van der Waals surface area (Å²) in [7, 11) is 0. The summed E-state index contributed by atoms with van der Waals surface area (Å²) in [5, 5.41) is 4.45. The fourth-order valence-electron chi connectivity index (χ4n) is 3.28. The van der Waals surface area contributed by atoms with E-state index in [0.29, 0.717) is 53.5 Å². The van der Waals surface area contributed by atoms with E-state index >= 15 is 0 Å². The number of anilines is 2. The average Bonchev–Trinajstić information content (AvgIpc) is 2.72. The van der Waals surface area contributed by atoms with Gasteiger partial charge in [0, 0.05) is 35.4 Å². The lowest BCUT2D eigenvalue weighted by atomic mass is 10.1. The Morgan fingerprint density at radius 3 is 2.82 bits per heavy atom. The number of nitrogens with one attached hydrogen (secondary N) is 1. The molecule has 1 fully saturated rings. The SMILES string of the molecule is Cc1c(Cl)cccc1Nc1c(C(=O)N2CCOCC2)cnc2ccc(F)cc12. The van der Waals surface area contributed by atoms with Crippen LogP contribution in [0, 0.1) is 12.7 Å². The molecule has 2 heterocycles. The van der Waals surface area contributed by atoms with Crippen molar-refractivity contribution in [3.05, 3.63) is 64.6 Å². The average molecular weight is 400 g/mol. The number of ether oxygens (including phenoxy) is 1. The number of hydrogen-bond donors (Lipinski definition) is 1. The molecule has 0 unspecified atom stereocenters. The van der Waals surface area contributed by atoms with Gasteiger partial charge in [-0.1, -0.05) is 17.7 Å². The molecule has 2 aromatic carbocycles. The number of halogens is 2. The van der Waals surface area contributed by atoms with Crippen molar-refractivity contribution in [2.45, 2.75) is 6.92 Å². The van der Waals surface area contributed by atoms with E-state index in [9.17, 15) is 9.18 Å². The largest absolute Gasteiger partial charge is 0.378 e. The minimum Gasteiger partial charge on any atom is -0.378 e. The molecule has 144 valence electrons. The van der Waals surface area contributed by atoms with E-state index in [4.69, 9.17) is 16.3 Å². The molecule has 1 aliphatic rings. The first-order chi connectivity index (χ1) is 13.5. The standard InChI is InChI=1S/C21H19ClFN3O2/c1-13-17(22)3-2-4-18(13)25-20-15-11-14(23)5-6-19(15)24-12-16(20)21(27)26-7-9-28-10-8-26/h2-6,11-12H,7-10H2,1H3,(H,24,25). The number of benzene rings is 2. The topological polar surface area (TPSA) is 54.5 Å². The molecule has 7 heteroatoms. The van der Waals surface area contributed by atoms with Crippen LogP contribution >= 0.6 is 11.6 Å². The Bertz CT molecular complexity index is 1050. The lowest BCUT2D eigenvalue weighted by Gasteiger charge is -2.28. The number of carbonyl (C=O) groups excluding carboxylic acids is 1. The Balaban J connectivity index is 1.86. The third kappa shape index (κ3) is 3.53. The Morgan fingerprint density at radius 1 is 1.25 bits per heavy atom. The van der Waals surface area contributed by atoms with Crippen molar-refractivity contribution in [2.75, 3.05) is 31.6 Å². The van der Waals surface area contributed by atoms with Crippen LogP contribution in [0.2, 0.25) is 5.02 Å². The maximum absolute atomic E-state index is 14.0. The van der Waals surface area contributed by atoms with Gasteiger partial charge in [0.25, 0.3) is 5.91 Å². The number of nitrogens with zero attached hydrogens (tertiary/aromatic N) is 2. The highest BCUT2D eigenvalue weighted by molar-refractivity contribution is 6.31. The Kier molecular flexibility index (Phi) is 5.15. The summed E-state index contributed by atoms with van der Waals surface area (Å²) in [5.41, 5.74) is 3.10. The highest BCUT2D eigenvalue weighted by Crippen LogP contribution is 2.33. The van der Waals surface area contributed by atoms with Gasteiger partial charge in [-0.25, -0.2) is 4.39 Å². The molecule has 0 aliphatic carbocycles. The van der Waals surface area contributed by atoms with Crippen LogP contribution in [-0.4, -0.2) is 42.1 Å². The molecule has 5 nitrogen and oxygen atoms in total. The number of carbonyl (C=O) groups is 1. The molecule has 1 amide bonds. The second-order valence-corrected chi connectivity index (χ2v) is 7.06. The van der Waals surface area contributed by atoms with Gasteiger partial charge in [0.15, 0.2) is 0 Å². The molecule has 0 spiro atoms. The second kappa shape index (κ2) is 7.73. The first-order valence-electron chi connectivity index (χ1n) is 9.02. The van der Waals surface area contributed by atoms with Crippen LogP contribution in [0.4, 0.5) is 15.8 Å². The normalized spacial score (nSPS) is 14.3. The van der Waals surface area contributed by atoms with Crippen LogP contribution in [0.5, 0.6) is 0 Å². The maximum Gasteiger partial charge on any atom is 0.257 e. The van der Waals surface area contributed by atoms with Gasteiger partial charge in [-0.2, -0.15) is 0 Å². The molecule has 0 saturated carbocycles. The van der Waals surface area contributed by atoms with Crippen LogP contribution in [0.15, 0.2) is 42.6 Å². The number of fused-ring (bicyclic) bond motifs is 1. The molecule has 28 heavy (non-hydrogen) atoms. The monoisotopic (exact) mass is 399 g/mol. The molecule has 0 atom stereocenters. The van der Waals surface area contributed by atoms with Gasteiger partial charge in [-0.05, 0) is 42.8 Å². The van der Waals surface area contributed by atoms with Crippen LogP contribution < -0.4 is 5.32 Å². The molecule has 0 radical (unpaired) electrons. The van der Waals surface area contributed by atoms with Crippen LogP contribution in [0.25, 0.3) is 10.9 Å². The lowest BCUT2D eigenvalue weighted by molar-refractivity contribution is 0.0303. The number of aromatic nitrogens is 1. The Hall–Kier alpha value is -2.70. The number of amides is 1. The number of hydrogen-bond acceptors (Lipinski definition) is 4. The highest BCUT2D eigenvalue weighted by Gasteiger charge is 2.23. The van der Waals surface area contributed by atoms with E-state index in [-0.39, 0.29) is 5.91 Å². The van der Waals surface area contributed by atoms with Gasteiger partial charge in [0.05, 0.1) is 30.0 Å². The third-order valence-electron chi connectivity index (χ3n) is 4.89. The van der Waals surface area contributed by atoms with Gasteiger partial charge in [0.2, 0.25) is 0 Å². The fraction of sp³-hybridized carbons (Fsp3) is 0.238. The van der Waals surface area contributed by atoms with E-state index in [1.807, 2.05) is 19.1 Å². The fourth-order valence-corrected chi connectivity index (χ4v) is 3.45. The molecular weight excluding hydrogens is 381 g/mol. The summed E-state index contributed by atoms with van der Waals surface area (Å²) in [5.74, 6) is -0.555. The van der Waals surface area contributed by atoms with Crippen LogP contribution in [0.3, 0.4) is 0 Å². The minimum absolute atomic E-state index is 0.163. The zero-order valence-electron chi connectivity index (χ0n) is 15.3. The van der Waals surface area contributed by atoms with Crippen LogP contribution in [0.1, 0.15) is 15.9 Å². The smallest absolute Gasteiger partial charge is 0.257 e. The van der Waals surface area contributed by atoms with Crippen molar-refractivity contribution >= 4 is 39.8 Å². The minimum atomic E-state index is -0.392. The molecule has 1 aliphatic heterocycles. The first-order valence-corrected chi connectivity index (χ1v) is 9.40. The van der Waals surface area contributed by atoms with Crippen molar-refractivity contribution < 1.29 is 13.9 Å². The number of rotatable bonds is 3. The van der Waals surface area contributed by atoms with Gasteiger partial charge in [-0.15, -0.1) is 0 Å². The predicted octanol–water partition coefficient (Wildman–Crippen LogP) is 4.55. The van der Waals surface area contributed by atoms with Gasteiger partial charge >= 0.3 is 0 Å². The molecule has 1 saturated heterocycles. The third-order valence-corrected chi connectivity index (χ3v) is 5.30. The van der Waals surface area contributed by atoms with Crippen molar-refractivity contribution in [1.29, 1.82) is 0 Å². The van der Waals surface area contributed by atoms with E-state index < -0.39 is 5.82 Å². The molecule has 1 aromatic heterocycles. The summed E-state index contributed by atoms with van der Waals surface area (Å²) in [6, 6.07) is 9.84. The van der Waals surface area contributed by atoms with Crippen LogP contribution in [-0.2, 0) is 4.74 Å². The summed E-state index contributed by atoms with van der Waals surface area (Å²) in [4.78, 5) is 19.3. The summed E-state index contributed by atoms with van der Waals surface area (Å²) >= 11 is 6.25. The molecule has 4 rings (SSSR count). The molecule has 1 N–H and O–H groups in total. The summed E-state index contributed by atoms with van der Waals surface area (Å²) in [6.45, 7) is 3.90. The van der Waals surface area contributed by atoms with Gasteiger partial charge < -0.3 is 15.0 Å². The summed E-state index contributed by atoms with van der Waals surface area (Å²) in [6.07, 6.45) is 1.54. The zero-order valence-corrected chi connectivity index (χ0v) is 16.1. The lowest BCUT2D eigenvalue weighted by Crippen LogP contribution is -2.41. The van der Waals surface area contributed by atoms with Crippen molar-refractivity contribution in [2.24, 2.45) is 0 Å².